The first kappa shape index (κ1) is 14.9. The molecular formula is C15H21ClN4. The maximum absolute atomic E-state index is 6.27. The minimum absolute atomic E-state index is 0.673. The standard InChI is InChI=1S/C15H21ClN4/c1-2-3-4-5-6-10-18-14-9-7-8-13(16)15(14)20-12-17-11-19-20/h7-9,11-12,18H,2-6,10H2,1H3. The van der Waals surface area contributed by atoms with Crippen LogP contribution in [0.4, 0.5) is 5.69 Å². The Kier molecular flexibility index (Phi) is 5.87. The Morgan fingerprint density at radius 2 is 2.05 bits per heavy atom. The fourth-order valence-corrected chi connectivity index (χ4v) is 2.43. The van der Waals surface area contributed by atoms with E-state index >= 15 is 0 Å². The number of benzene rings is 1. The van der Waals surface area contributed by atoms with Crippen molar-refractivity contribution in [1.29, 1.82) is 0 Å². The first-order chi connectivity index (χ1) is 9.83. The lowest BCUT2D eigenvalue weighted by atomic mass is 10.1. The quantitative estimate of drug-likeness (QED) is 0.738. The Morgan fingerprint density at radius 3 is 2.80 bits per heavy atom. The molecule has 1 aromatic heterocycles. The number of aromatic nitrogens is 3. The second-order valence-electron chi connectivity index (χ2n) is 4.82. The van der Waals surface area contributed by atoms with Crippen LogP contribution in [0.15, 0.2) is 30.9 Å². The number of anilines is 1. The van der Waals surface area contributed by atoms with Crippen LogP contribution in [-0.2, 0) is 0 Å². The molecule has 0 saturated heterocycles. The van der Waals surface area contributed by atoms with Crippen LogP contribution in [0.2, 0.25) is 5.02 Å². The molecule has 1 N–H and O–H groups in total. The smallest absolute Gasteiger partial charge is 0.138 e. The van der Waals surface area contributed by atoms with Crippen molar-refractivity contribution in [3.05, 3.63) is 35.9 Å². The highest BCUT2D eigenvalue weighted by Gasteiger charge is 2.09. The van der Waals surface area contributed by atoms with Gasteiger partial charge in [0.1, 0.15) is 18.3 Å². The fraction of sp³-hybridized carbons (Fsp3) is 0.467. The Labute approximate surface area is 125 Å². The molecule has 5 heteroatoms. The van der Waals surface area contributed by atoms with Crippen LogP contribution < -0.4 is 5.32 Å². The second kappa shape index (κ2) is 7.90. The van der Waals surface area contributed by atoms with Crippen molar-refractivity contribution in [3.8, 4) is 5.69 Å². The molecule has 1 heterocycles. The third kappa shape index (κ3) is 3.97. The van der Waals surface area contributed by atoms with Crippen molar-refractivity contribution in [2.24, 2.45) is 0 Å². The SMILES string of the molecule is CCCCCCCNc1cccc(Cl)c1-n1cncn1. The summed E-state index contributed by atoms with van der Waals surface area (Å²) in [4.78, 5) is 3.98. The second-order valence-corrected chi connectivity index (χ2v) is 5.22. The van der Waals surface area contributed by atoms with E-state index in [9.17, 15) is 0 Å². The van der Waals surface area contributed by atoms with Crippen LogP contribution in [-0.4, -0.2) is 21.3 Å². The molecule has 0 saturated carbocycles. The van der Waals surface area contributed by atoms with Crippen molar-refractivity contribution in [3.63, 3.8) is 0 Å². The van der Waals surface area contributed by atoms with Gasteiger partial charge in [0.05, 0.1) is 10.7 Å². The van der Waals surface area contributed by atoms with Gasteiger partial charge in [-0.2, -0.15) is 5.10 Å². The van der Waals surface area contributed by atoms with E-state index in [0.717, 1.165) is 17.9 Å². The number of hydrogen-bond donors (Lipinski definition) is 1. The molecule has 2 rings (SSSR count). The van der Waals surface area contributed by atoms with Crippen LogP contribution >= 0.6 is 11.6 Å². The molecule has 0 unspecified atom stereocenters. The monoisotopic (exact) mass is 292 g/mol. The number of para-hydroxylation sites is 1. The highest BCUT2D eigenvalue weighted by Crippen LogP contribution is 2.27. The molecule has 0 aliphatic rings. The van der Waals surface area contributed by atoms with Crippen LogP contribution in [0.3, 0.4) is 0 Å². The fourth-order valence-electron chi connectivity index (χ4n) is 2.17. The average Bonchev–Trinajstić information content (AvgIpc) is 2.96. The van der Waals surface area contributed by atoms with E-state index in [-0.39, 0.29) is 0 Å². The average molecular weight is 293 g/mol. The van der Waals surface area contributed by atoms with Gasteiger partial charge >= 0.3 is 0 Å². The Bertz CT molecular complexity index is 511. The van der Waals surface area contributed by atoms with Gasteiger partial charge in [-0.05, 0) is 18.6 Å². The summed E-state index contributed by atoms with van der Waals surface area (Å²) in [5, 5.41) is 8.28. The van der Waals surface area contributed by atoms with Crippen molar-refractivity contribution < 1.29 is 0 Å². The van der Waals surface area contributed by atoms with Gasteiger partial charge in [-0.25, -0.2) is 9.67 Å². The third-order valence-corrected chi connectivity index (χ3v) is 3.54. The molecule has 4 nitrogen and oxygen atoms in total. The molecular weight excluding hydrogens is 272 g/mol. The van der Waals surface area contributed by atoms with E-state index in [1.807, 2.05) is 18.2 Å². The number of nitrogens with zero attached hydrogens (tertiary/aromatic N) is 3. The molecule has 0 atom stereocenters. The molecule has 0 aliphatic carbocycles. The minimum atomic E-state index is 0.673. The van der Waals surface area contributed by atoms with Gasteiger partial charge in [0, 0.05) is 6.54 Å². The van der Waals surface area contributed by atoms with Gasteiger partial charge in [-0.3, -0.25) is 0 Å². The lowest BCUT2D eigenvalue weighted by molar-refractivity contribution is 0.645. The largest absolute Gasteiger partial charge is 0.383 e. The zero-order chi connectivity index (χ0) is 14.2. The number of hydrogen-bond acceptors (Lipinski definition) is 3. The summed E-state index contributed by atoms with van der Waals surface area (Å²) in [6, 6.07) is 5.84. The molecule has 0 spiro atoms. The minimum Gasteiger partial charge on any atom is -0.383 e. The van der Waals surface area contributed by atoms with E-state index in [1.54, 1.807) is 11.0 Å². The van der Waals surface area contributed by atoms with Crippen molar-refractivity contribution in [2.45, 2.75) is 39.0 Å². The topological polar surface area (TPSA) is 42.7 Å². The van der Waals surface area contributed by atoms with E-state index < -0.39 is 0 Å². The van der Waals surface area contributed by atoms with Crippen molar-refractivity contribution in [1.82, 2.24) is 14.8 Å². The zero-order valence-corrected chi connectivity index (χ0v) is 12.6. The molecule has 0 fully saturated rings. The highest BCUT2D eigenvalue weighted by molar-refractivity contribution is 6.33. The summed E-state index contributed by atoms with van der Waals surface area (Å²) in [5.74, 6) is 0. The van der Waals surface area contributed by atoms with E-state index in [4.69, 9.17) is 11.6 Å². The molecule has 108 valence electrons. The van der Waals surface area contributed by atoms with Gasteiger partial charge in [0.25, 0.3) is 0 Å². The van der Waals surface area contributed by atoms with Crippen molar-refractivity contribution in [2.75, 3.05) is 11.9 Å². The van der Waals surface area contributed by atoms with Crippen LogP contribution in [0.5, 0.6) is 0 Å². The molecule has 0 aliphatic heterocycles. The number of nitrogens with one attached hydrogen (secondary N) is 1. The highest BCUT2D eigenvalue weighted by atomic mass is 35.5. The lowest BCUT2D eigenvalue weighted by Gasteiger charge is -2.13. The van der Waals surface area contributed by atoms with Crippen molar-refractivity contribution >= 4 is 17.3 Å². The van der Waals surface area contributed by atoms with Crippen LogP contribution in [0.25, 0.3) is 5.69 Å². The van der Waals surface area contributed by atoms with E-state index in [1.165, 1.54) is 38.4 Å². The Morgan fingerprint density at radius 1 is 1.20 bits per heavy atom. The first-order valence-electron chi connectivity index (χ1n) is 7.20. The molecule has 0 amide bonds. The van der Waals surface area contributed by atoms with E-state index in [0.29, 0.717) is 5.02 Å². The summed E-state index contributed by atoms with van der Waals surface area (Å²) >= 11 is 6.27. The van der Waals surface area contributed by atoms with Crippen LogP contribution in [0.1, 0.15) is 39.0 Å². The summed E-state index contributed by atoms with van der Waals surface area (Å²) in [6.07, 6.45) is 9.51. The number of halogens is 1. The predicted molar refractivity (Wildman–Crippen MR) is 83.6 cm³/mol. The van der Waals surface area contributed by atoms with Gasteiger partial charge in [0.15, 0.2) is 0 Å². The number of unbranched alkanes of at least 4 members (excludes halogenated alkanes) is 4. The zero-order valence-electron chi connectivity index (χ0n) is 11.8. The first-order valence-corrected chi connectivity index (χ1v) is 7.58. The normalized spacial score (nSPS) is 10.7. The maximum atomic E-state index is 6.27. The van der Waals surface area contributed by atoms with Gasteiger partial charge < -0.3 is 5.32 Å². The maximum Gasteiger partial charge on any atom is 0.138 e. The molecule has 1 aromatic carbocycles. The molecule has 0 radical (unpaired) electrons. The molecule has 2 aromatic rings. The lowest BCUT2D eigenvalue weighted by Crippen LogP contribution is -2.06. The Hall–Kier alpha value is -1.55. The molecule has 0 bridgehead atoms. The number of rotatable bonds is 8. The van der Waals surface area contributed by atoms with E-state index in [2.05, 4.69) is 22.3 Å². The Balaban J connectivity index is 1.96. The summed E-state index contributed by atoms with van der Waals surface area (Å²) in [5.41, 5.74) is 1.86. The van der Waals surface area contributed by atoms with Gasteiger partial charge in [-0.15, -0.1) is 0 Å². The summed E-state index contributed by atoms with van der Waals surface area (Å²) in [6.45, 7) is 3.18. The van der Waals surface area contributed by atoms with Gasteiger partial charge in [-0.1, -0.05) is 50.3 Å². The van der Waals surface area contributed by atoms with Gasteiger partial charge in [0.2, 0.25) is 0 Å². The third-order valence-electron chi connectivity index (χ3n) is 3.23. The predicted octanol–water partition coefficient (Wildman–Crippen LogP) is 4.30. The summed E-state index contributed by atoms with van der Waals surface area (Å²) in [7, 11) is 0. The van der Waals surface area contributed by atoms with Crippen LogP contribution in [0, 0.1) is 0 Å². The molecule has 20 heavy (non-hydrogen) atoms. The summed E-state index contributed by atoms with van der Waals surface area (Å²) < 4.78 is 1.70.